The van der Waals surface area contributed by atoms with Gasteiger partial charge in [-0.3, -0.25) is 9.48 Å². The van der Waals surface area contributed by atoms with Crippen molar-refractivity contribution in [2.45, 2.75) is 46.2 Å². The molecule has 0 aliphatic carbocycles. The fourth-order valence-electron chi connectivity index (χ4n) is 3.58. The number of hydrogen-bond donors (Lipinski definition) is 0. The van der Waals surface area contributed by atoms with Gasteiger partial charge in [-0.2, -0.15) is 5.10 Å². The van der Waals surface area contributed by atoms with Crippen LogP contribution in [-0.4, -0.2) is 43.3 Å². The zero-order chi connectivity index (χ0) is 17.6. The Morgan fingerprint density at radius 1 is 1.32 bits per heavy atom. The minimum absolute atomic E-state index is 0.0130. The van der Waals surface area contributed by atoms with Crippen LogP contribution >= 0.6 is 0 Å². The molecule has 4 rings (SSSR count). The molecule has 3 aromatic rings. The minimum Gasteiger partial charge on any atom is -0.336 e. The van der Waals surface area contributed by atoms with Crippen molar-refractivity contribution >= 4 is 17.0 Å². The number of aromatic nitrogens is 4. The molecule has 1 aliphatic heterocycles. The molecule has 0 N–H and O–H groups in total. The zero-order valence-electron chi connectivity index (χ0n) is 14.7. The van der Waals surface area contributed by atoms with E-state index >= 15 is 0 Å². The molecule has 1 aliphatic rings. The van der Waals surface area contributed by atoms with Crippen molar-refractivity contribution in [3.8, 4) is 0 Å². The van der Waals surface area contributed by atoms with Gasteiger partial charge in [0.1, 0.15) is 0 Å². The van der Waals surface area contributed by atoms with E-state index in [1.807, 2.05) is 36.4 Å². The van der Waals surface area contributed by atoms with Crippen LogP contribution in [0.4, 0.5) is 0 Å². The van der Waals surface area contributed by atoms with Crippen LogP contribution in [0.2, 0.25) is 0 Å². The monoisotopic (exact) mass is 339 g/mol. The summed E-state index contributed by atoms with van der Waals surface area (Å²) in [5.41, 5.74) is 3.93. The summed E-state index contributed by atoms with van der Waals surface area (Å²) in [6.45, 7) is 7.39. The zero-order valence-corrected chi connectivity index (χ0v) is 14.7. The summed E-state index contributed by atoms with van der Waals surface area (Å²) in [6, 6.07) is 4.05. The molecule has 0 spiro atoms. The Kier molecular flexibility index (Phi) is 3.78. The van der Waals surface area contributed by atoms with E-state index in [0.29, 0.717) is 11.3 Å². The van der Waals surface area contributed by atoms with Crippen molar-refractivity contribution in [2.75, 3.05) is 6.54 Å². The SMILES string of the molecule is Cc1cc(C)n(C[C@H]2CCCN2C(=O)c2cnc3onc(C)c3c2)n1. The van der Waals surface area contributed by atoms with Gasteiger partial charge < -0.3 is 9.42 Å². The maximum Gasteiger partial charge on any atom is 0.257 e. The average Bonchev–Trinajstić information content (AvgIpc) is 3.28. The van der Waals surface area contributed by atoms with Crippen molar-refractivity contribution < 1.29 is 9.32 Å². The van der Waals surface area contributed by atoms with E-state index in [9.17, 15) is 4.79 Å². The number of aryl methyl sites for hydroxylation is 3. The van der Waals surface area contributed by atoms with Crippen molar-refractivity contribution in [2.24, 2.45) is 0 Å². The molecule has 7 heteroatoms. The van der Waals surface area contributed by atoms with Gasteiger partial charge in [0.25, 0.3) is 11.6 Å². The largest absolute Gasteiger partial charge is 0.336 e. The molecule has 130 valence electrons. The number of hydrogen-bond acceptors (Lipinski definition) is 5. The third-order valence-corrected chi connectivity index (χ3v) is 4.88. The Morgan fingerprint density at radius 2 is 2.16 bits per heavy atom. The first kappa shape index (κ1) is 15.8. The van der Waals surface area contributed by atoms with Crippen molar-refractivity contribution in [1.29, 1.82) is 0 Å². The van der Waals surface area contributed by atoms with Gasteiger partial charge in [0.2, 0.25) is 0 Å². The normalized spacial score (nSPS) is 17.6. The van der Waals surface area contributed by atoms with Gasteiger partial charge in [-0.05, 0) is 45.7 Å². The van der Waals surface area contributed by atoms with Gasteiger partial charge in [-0.25, -0.2) is 4.98 Å². The number of nitrogens with zero attached hydrogens (tertiary/aromatic N) is 5. The molecule has 0 unspecified atom stereocenters. The lowest BCUT2D eigenvalue weighted by molar-refractivity contribution is 0.0721. The second-order valence-electron chi connectivity index (χ2n) is 6.75. The van der Waals surface area contributed by atoms with E-state index in [4.69, 9.17) is 4.52 Å². The summed E-state index contributed by atoms with van der Waals surface area (Å²) in [7, 11) is 0. The molecular formula is C18H21N5O2. The molecule has 0 saturated carbocycles. The van der Waals surface area contributed by atoms with E-state index in [0.717, 1.165) is 48.4 Å². The van der Waals surface area contributed by atoms with E-state index in [1.165, 1.54) is 0 Å². The summed E-state index contributed by atoms with van der Waals surface area (Å²) in [5.74, 6) is 0.0130. The predicted octanol–water partition coefficient (Wildman–Crippen LogP) is 2.65. The summed E-state index contributed by atoms with van der Waals surface area (Å²) in [6.07, 6.45) is 3.58. The number of likely N-dealkylation sites (tertiary alicyclic amines) is 1. The first-order valence-electron chi connectivity index (χ1n) is 8.57. The smallest absolute Gasteiger partial charge is 0.257 e. The summed E-state index contributed by atoms with van der Waals surface area (Å²) < 4.78 is 7.12. The van der Waals surface area contributed by atoms with Crippen LogP contribution < -0.4 is 0 Å². The number of rotatable bonds is 3. The van der Waals surface area contributed by atoms with Gasteiger partial charge in [-0.1, -0.05) is 5.16 Å². The fourth-order valence-corrected chi connectivity index (χ4v) is 3.58. The lowest BCUT2D eigenvalue weighted by Crippen LogP contribution is -2.38. The molecule has 25 heavy (non-hydrogen) atoms. The van der Waals surface area contributed by atoms with Gasteiger partial charge in [-0.15, -0.1) is 0 Å². The summed E-state index contributed by atoms with van der Waals surface area (Å²) in [5, 5.41) is 9.23. The van der Waals surface area contributed by atoms with Crippen LogP contribution in [0.3, 0.4) is 0 Å². The third-order valence-electron chi connectivity index (χ3n) is 4.88. The van der Waals surface area contributed by atoms with Gasteiger partial charge in [0.05, 0.1) is 34.9 Å². The highest BCUT2D eigenvalue weighted by Gasteiger charge is 2.30. The third kappa shape index (κ3) is 2.79. The number of carbonyl (C=O) groups excluding carboxylic acids is 1. The Bertz CT molecular complexity index is 942. The molecule has 4 heterocycles. The number of amides is 1. The number of pyridine rings is 1. The van der Waals surface area contributed by atoms with Crippen molar-refractivity contribution in [3.63, 3.8) is 0 Å². The Balaban J connectivity index is 1.59. The Hall–Kier alpha value is -2.70. The van der Waals surface area contributed by atoms with E-state index in [-0.39, 0.29) is 11.9 Å². The molecular weight excluding hydrogens is 318 g/mol. The summed E-state index contributed by atoms with van der Waals surface area (Å²) in [4.78, 5) is 19.2. The van der Waals surface area contributed by atoms with Crippen LogP contribution in [0.5, 0.6) is 0 Å². The fraction of sp³-hybridized carbons (Fsp3) is 0.444. The quantitative estimate of drug-likeness (QED) is 0.733. The van der Waals surface area contributed by atoms with Gasteiger partial charge in [0, 0.05) is 18.4 Å². The van der Waals surface area contributed by atoms with Gasteiger partial charge >= 0.3 is 0 Å². The lowest BCUT2D eigenvalue weighted by atomic mass is 10.1. The van der Waals surface area contributed by atoms with Crippen LogP contribution in [0.25, 0.3) is 11.1 Å². The molecule has 7 nitrogen and oxygen atoms in total. The van der Waals surface area contributed by atoms with E-state index in [2.05, 4.69) is 21.3 Å². The molecule has 1 atom stereocenters. The molecule has 0 bridgehead atoms. The van der Waals surface area contributed by atoms with Crippen LogP contribution in [0.15, 0.2) is 22.9 Å². The topological polar surface area (TPSA) is 77.0 Å². The number of fused-ring (bicyclic) bond motifs is 1. The average molecular weight is 339 g/mol. The van der Waals surface area contributed by atoms with Crippen LogP contribution in [0, 0.1) is 20.8 Å². The molecule has 1 amide bonds. The highest BCUT2D eigenvalue weighted by atomic mass is 16.5. The maximum atomic E-state index is 13.0. The minimum atomic E-state index is 0.0130. The molecule has 1 saturated heterocycles. The summed E-state index contributed by atoms with van der Waals surface area (Å²) >= 11 is 0. The van der Waals surface area contributed by atoms with Crippen LogP contribution in [-0.2, 0) is 6.54 Å². The molecule has 0 aromatic carbocycles. The highest BCUT2D eigenvalue weighted by molar-refractivity contribution is 5.97. The standard InChI is InChI=1S/C18H21N5O2/c1-11-7-12(2)23(20-11)10-15-5-4-6-22(15)18(24)14-8-16-13(3)21-25-17(16)19-9-14/h7-9,15H,4-6,10H2,1-3H3/t15-/m1/s1. The van der Waals surface area contributed by atoms with Gasteiger partial charge in [0.15, 0.2) is 0 Å². The molecule has 1 fully saturated rings. The first-order chi connectivity index (χ1) is 12.0. The Labute approximate surface area is 145 Å². The van der Waals surface area contributed by atoms with Crippen molar-refractivity contribution in [3.05, 3.63) is 41.0 Å². The van der Waals surface area contributed by atoms with Crippen molar-refractivity contribution in [1.82, 2.24) is 24.8 Å². The molecule has 3 aromatic heterocycles. The second kappa shape index (κ2) is 5.98. The molecule has 0 radical (unpaired) electrons. The highest BCUT2D eigenvalue weighted by Crippen LogP contribution is 2.24. The van der Waals surface area contributed by atoms with E-state index in [1.54, 1.807) is 6.20 Å². The predicted molar refractivity (Wildman–Crippen MR) is 92.3 cm³/mol. The van der Waals surface area contributed by atoms with Crippen LogP contribution in [0.1, 0.15) is 40.3 Å². The lowest BCUT2D eigenvalue weighted by Gasteiger charge is -2.25. The first-order valence-corrected chi connectivity index (χ1v) is 8.57. The second-order valence-corrected chi connectivity index (χ2v) is 6.75. The maximum absolute atomic E-state index is 13.0. The van der Waals surface area contributed by atoms with E-state index < -0.39 is 0 Å². The number of carbonyl (C=O) groups is 1. The Morgan fingerprint density at radius 3 is 2.92 bits per heavy atom.